The molecule has 2 heteroatoms. The van der Waals surface area contributed by atoms with Crippen LogP contribution in [-0.4, -0.2) is 30.4 Å². The van der Waals surface area contributed by atoms with Crippen molar-refractivity contribution in [2.24, 2.45) is 11.8 Å². The van der Waals surface area contributed by atoms with E-state index in [-0.39, 0.29) is 0 Å². The Hall–Kier alpha value is 0.440. The molecule has 0 bridgehead atoms. The fourth-order valence-electron chi connectivity index (χ4n) is 1.29. The van der Waals surface area contributed by atoms with Crippen LogP contribution in [0, 0.1) is 11.8 Å². The van der Waals surface area contributed by atoms with Gasteiger partial charge in [0.05, 0.1) is 0 Å². The van der Waals surface area contributed by atoms with Crippen molar-refractivity contribution in [2.45, 2.75) is 13.3 Å². The molecule has 0 aromatic rings. The molecule has 2 unspecified atom stereocenters. The summed E-state index contributed by atoms with van der Waals surface area (Å²) in [5.41, 5.74) is 0. The first-order chi connectivity index (χ1) is 4.74. The van der Waals surface area contributed by atoms with Crippen LogP contribution in [0.2, 0.25) is 0 Å². The van der Waals surface area contributed by atoms with Gasteiger partial charge in [-0.05, 0) is 25.3 Å². The normalized spacial score (nSPS) is 31.2. The summed E-state index contributed by atoms with van der Waals surface area (Å²) in [4.78, 5) is 2.41. The number of hydrogen-bond acceptors (Lipinski definition) is 1. The largest absolute Gasteiger partial charge is 0.305 e. The van der Waals surface area contributed by atoms with Crippen molar-refractivity contribution < 1.29 is 0 Å². The molecule has 0 saturated heterocycles. The zero-order valence-corrected chi connectivity index (χ0v) is 8.39. The van der Waals surface area contributed by atoms with E-state index in [1.807, 2.05) is 0 Å². The Morgan fingerprint density at radius 3 is 2.60 bits per heavy atom. The van der Waals surface area contributed by atoms with Gasteiger partial charge in [0.25, 0.3) is 0 Å². The predicted octanol–water partition coefficient (Wildman–Crippen LogP) is 1.97. The molecule has 60 valence electrons. The topological polar surface area (TPSA) is 3.24 Å². The molecule has 0 aromatic carbocycles. The van der Waals surface area contributed by atoms with Gasteiger partial charge in [-0.3, -0.25) is 0 Å². The minimum absolute atomic E-state index is 0.998. The molecule has 1 nitrogen and oxygen atoms in total. The molecular formula is C8H16BrN. The zero-order chi connectivity index (χ0) is 7.56. The summed E-state index contributed by atoms with van der Waals surface area (Å²) in [6.07, 6.45) is 1.45. The van der Waals surface area contributed by atoms with Crippen molar-refractivity contribution in [1.82, 2.24) is 4.90 Å². The molecule has 1 rings (SSSR count). The van der Waals surface area contributed by atoms with Crippen LogP contribution in [0.3, 0.4) is 0 Å². The van der Waals surface area contributed by atoms with E-state index in [9.17, 15) is 0 Å². The first kappa shape index (κ1) is 8.54. The van der Waals surface area contributed by atoms with Gasteiger partial charge in [0, 0.05) is 18.4 Å². The number of halogens is 1. The monoisotopic (exact) mass is 205 g/mol. The number of hydrogen-bond donors (Lipinski definition) is 0. The van der Waals surface area contributed by atoms with Crippen LogP contribution in [0.1, 0.15) is 13.3 Å². The molecule has 1 aliphatic rings. The highest BCUT2D eigenvalue weighted by Gasteiger charge is 2.32. The van der Waals surface area contributed by atoms with Crippen molar-refractivity contribution in [3.63, 3.8) is 0 Å². The van der Waals surface area contributed by atoms with Gasteiger partial charge in [0.15, 0.2) is 0 Å². The molecule has 10 heavy (non-hydrogen) atoms. The van der Waals surface area contributed by atoms with E-state index in [1.54, 1.807) is 0 Å². The Morgan fingerprint density at radius 2 is 2.20 bits per heavy atom. The maximum atomic E-state index is 3.43. The molecule has 1 fully saturated rings. The van der Waals surface area contributed by atoms with Gasteiger partial charge in [-0.25, -0.2) is 0 Å². The Morgan fingerprint density at radius 1 is 1.60 bits per heavy atom. The molecule has 0 radical (unpaired) electrons. The first-order valence-corrected chi connectivity index (χ1v) is 5.10. The van der Waals surface area contributed by atoms with Crippen LogP contribution in [0.5, 0.6) is 0 Å². The lowest BCUT2D eigenvalue weighted by atomic mass is 10.3. The van der Waals surface area contributed by atoms with Gasteiger partial charge in [-0.15, -0.1) is 0 Å². The number of alkyl halides is 1. The molecule has 1 aliphatic carbocycles. The smallest absolute Gasteiger partial charge is 0.0159 e. The molecule has 1 saturated carbocycles. The van der Waals surface area contributed by atoms with E-state index in [4.69, 9.17) is 0 Å². The predicted molar refractivity (Wildman–Crippen MR) is 48.6 cm³/mol. The fraction of sp³-hybridized carbons (Fsp3) is 1.00. The summed E-state index contributed by atoms with van der Waals surface area (Å²) in [5.74, 6) is 2.00. The fourth-order valence-corrected chi connectivity index (χ4v) is 1.89. The molecule has 0 spiro atoms. The molecule has 0 heterocycles. The van der Waals surface area contributed by atoms with Crippen molar-refractivity contribution in [3.8, 4) is 0 Å². The van der Waals surface area contributed by atoms with Crippen LogP contribution in [0.4, 0.5) is 0 Å². The third-order valence-electron chi connectivity index (χ3n) is 2.29. The minimum atomic E-state index is 0.998. The van der Waals surface area contributed by atoms with E-state index in [2.05, 4.69) is 34.8 Å². The summed E-state index contributed by atoms with van der Waals surface area (Å²) < 4.78 is 0. The zero-order valence-electron chi connectivity index (χ0n) is 6.81. The van der Waals surface area contributed by atoms with E-state index in [0.717, 1.165) is 17.2 Å². The lowest BCUT2D eigenvalue weighted by Crippen LogP contribution is -2.23. The number of rotatable bonds is 4. The Labute approximate surface area is 71.9 Å². The highest BCUT2D eigenvalue weighted by molar-refractivity contribution is 9.09. The minimum Gasteiger partial charge on any atom is -0.305 e. The molecule has 0 N–H and O–H groups in total. The average molecular weight is 206 g/mol. The summed E-state index contributed by atoms with van der Waals surface area (Å²) >= 11 is 3.43. The quantitative estimate of drug-likeness (QED) is 0.635. The first-order valence-electron chi connectivity index (χ1n) is 3.98. The Balaban J connectivity index is 2.01. The molecule has 2 atom stereocenters. The van der Waals surface area contributed by atoms with Crippen molar-refractivity contribution in [2.75, 3.05) is 25.5 Å². The maximum Gasteiger partial charge on any atom is 0.0159 e. The van der Waals surface area contributed by atoms with E-state index < -0.39 is 0 Å². The molecule has 0 amide bonds. The van der Waals surface area contributed by atoms with Crippen molar-refractivity contribution >= 4 is 15.9 Å². The van der Waals surface area contributed by atoms with E-state index in [1.165, 1.54) is 19.5 Å². The average Bonchev–Trinajstić information content (AvgIpc) is 2.47. The standard InChI is InChI=1S/C8H16BrN/c1-7-5-8(7)6-10(2)4-3-9/h7-8H,3-6H2,1-2H3. The summed E-state index contributed by atoms with van der Waals surface area (Å²) in [5, 5.41) is 1.10. The summed E-state index contributed by atoms with van der Waals surface area (Å²) in [6, 6.07) is 0. The lowest BCUT2D eigenvalue weighted by Gasteiger charge is -2.13. The number of nitrogens with zero attached hydrogens (tertiary/aromatic N) is 1. The molecular weight excluding hydrogens is 190 g/mol. The lowest BCUT2D eigenvalue weighted by molar-refractivity contribution is 0.335. The second-order valence-electron chi connectivity index (χ2n) is 3.42. The van der Waals surface area contributed by atoms with Gasteiger partial charge in [-0.1, -0.05) is 22.9 Å². The molecule has 0 aromatic heterocycles. The Bertz CT molecular complexity index is 105. The van der Waals surface area contributed by atoms with Crippen molar-refractivity contribution in [1.29, 1.82) is 0 Å². The van der Waals surface area contributed by atoms with Crippen LogP contribution in [0.15, 0.2) is 0 Å². The van der Waals surface area contributed by atoms with E-state index >= 15 is 0 Å². The summed E-state index contributed by atoms with van der Waals surface area (Å²) in [6.45, 7) is 4.82. The highest BCUT2D eigenvalue weighted by Crippen LogP contribution is 2.37. The van der Waals surface area contributed by atoms with Crippen molar-refractivity contribution in [3.05, 3.63) is 0 Å². The third-order valence-corrected chi connectivity index (χ3v) is 2.64. The van der Waals surface area contributed by atoms with Gasteiger partial charge >= 0.3 is 0 Å². The van der Waals surface area contributed by atoms with Gasteiger partial charge in [0.2, 0.25) is 0 Å². The van der Waals surface area contributed by atoms with Gasteiger partial charge in [0.1, 0.15) is 0 Å². The van der Waals surface area contributed by atoms with Crippen LogP contribution < -0.4 is 0 Å². The highest BCUT2D eigenvalue weighted by atomic mass is 79.9. The van der Waals surface area contributed by atoms with Crippen LogP contribution in [0.25, 0.3) is 0 Å². The third kappa shape index (κ3) is 2.59. The maximum absolute atomic E-state index is 3.43. The van der Waals surface area contributed by atoms with Gasteiger partial charge < -0.3 is 4.90 Å². The Kier molecular flexibility index (Phi) is 3.18. The summed E-state index contributed by atoms with van der Waals surface area (Å²) in [7, 11) is 2.20. The van der Waals surface area contributed by atoms with Gasteiger partial charge in [-0.2, -0.15) is 0 Å². The second-order valence-corrected chi connectivity index (χ2v) is 4.22. The second kappa shape index (κ2) is 3.72. The molecule has 0 aliphatic heterocycles. The van der Waals surface area contributed by atoms with Crippen LogP contribution in [-0.2, 0) is 0 Å². The van der Waals surface area contributed by atoms with E-state index in [0.29, 0.717) is 0 Å². The SMILES string of the molecule is CC1CC1CN(C)CCBr. The van der Waals surface area contributed by atoms with Crippen LogP contribution >= 0.6 is 15.9 Å².